The van der Waals surface area contributed by atoms with Gasteiger partial charge < -0.3 is 0 Å². The maximum atomic E-state index is 12.0. The Balaban J connectivity index is 0. The number of halogens is 4. The van der Waals surface area contributed by atoms with Crippen LogP contribution in [0.2, 0.25) is 0 Å². The van der Waals surface area contributed by atoms with Crippen molar-refractivity contribution in [3.8, 4) is 0 Å². The minimum atomic E-state index is -5.12. The van der Waals surface area contributed by atoms with Crippen LogP contribution in [0.4, 0.5) is 17.6 Å². The maximum Gasteiger partial charge on any atom is 0.522 e. The van der Waals surface area contributed by atoms with Crippen LogP contribution in [0.5, 0.6) is 0 Å². The third-order valence-electron chi connectivity index (χ3n) is 0.701. The molecule has 4 nitrogen and oxygen atoms in total. The summed E-state index contributed by atoms with van der Waals surface area (Å²) in [6, 6.07) is 0. The molecule has 1 unspecified atom stereocenters. The van der Waals surface area contributed by atoms with Crippen LogP contribution in [0.25, 0.3) is 0 Å². The standard InChI is InChI=1S/C3H4F4O4S.K/c4-2(12(8,9)10)1-11-3(5,6)7;/h2H,1H2,(H,8,9,10);. The number of alkyl halides is 4. The molecule has 0 saturated carbocycles. The third kappa shape index (κ3) is 9.53. The SMILES string of the molecule is O=S(=O)(O)C(F)COC(F)(F)F.[K]. The Hall–Kier alpha value is 1.23. The zero-order valence-electron chi connectivity index (χ0n) is 6.38. The van der Waals surface area contributed by atoms with Gasteiger partial charge in [0.25, 0.3) is 10.1 Å². The first-order valence-corrected chi connectivity index (χ1v) is 3.94. The molecule has 0 fully saturated rings. The van der Waals surface area contributed by atoms with Crippen LogP contribution in [0.1, 0.15) is 0 Å². The van der Waals surface area contributed by atoms with Gasteiger partial charge in [-0.05, 0) is 0 Å². The summed E-state index contributed by atoms with van der Waals surface area (Å²) >= 11 is 0. The van der Waals surface area contributed by atoms with Crippen LogP contribution in [-0.2, 0) is 14.9 Å². The van der Waals surface area contributed by atoms with E-state index in [0.717, 1.165) is 0 Å². The van der Waals surface area contributed by atoms with Crippen molar-refractivity contribution in [3.63, 3.8) is 0 Å². The van der Waals surface area contributed by atoms with E-state index >= 15 is 0 Å². The number of hydrogen-bond donors (Lipinski definition) is 1. The zero-order chi connectivity index (χ0) is 9.99. The Morgan fingerprint density at radius 3 is 2.00 bits per heavy atom. The van der Waals surface area contributed by atoms with E-state index in [-0.39, 0.29) is 51.4 Å². The Labute approximate surface area is 114 Å². The predicted octanol–water partition coefficient (Wildman–Crippen LogP) is 0.325. The normalized spacial score (nSPS) is 14.8. The van der Waals surface area contributed by atoms with Crippen LogP contribution >= 0.6 is 0 Å². The molecule has 0 aliphatic heterocycles. The van der Waals surface area contributed by atoms with Crippen molar-refractivity contribution < 1.29 is 35.3 Å². The Morgan fingerprint density at radius 2 is 1.77 bits per heavy atom. The summed E-state index contributed by atoms with van der Waals surface area (Å²) in [5.41, 5.74) is -3.08. The van der Waals surface area contributed by atoms with Gasteiger partial charge >= 0.3 is 6.36 Å². The molecule has 0 aliphatic rings. The Kier molecular flexibility index (Phi) is 7.62. The first kappa shape index (κ1) is 16.6. The summed E-state index contributed by atoms with van der Waals surface area (Å²) in [7, 11) is -5.12. The fraction of sp³-hybridized carbons (Fsp3) is 1.00. The topological polar surface area (TPSA) is 63.6 Å². The minimum absolute atomic E-state index is 0. The average molecular weight is 251 g/mol. The molecule has 1 atom stereocenters. The summed E-state index contributed by atoms with van der Waals surface area (Å²) in [4.78, 5) is 0. The van der Waals surface area contributed by atoms with Gasteiger partial charge in [0.2, 0.25) is 5.50 Å². The van der Waals surface area contributed by atoms with Crippen molar-refractivity contribution in [2.24, 2.45) is 0 Å². The number of hydrogen-bond acceptors (Lipinski definition) is 3. The predicted molar refractivity (Wildman–Crippen MR) is 34.2 cm³/mol. The van der Waals surface area contributed by atoms with Crippen LogP contribution in [0, 0.1) is 0 Å². The first-order valence-electron chi connectivity index (χ1n) is 2.44. The third-order valence-corrected chi connectivity index (χ3v) is 1.48. The Morgan fingerprint density at radius 1 is 1.38 bits per heavy atom. The van der Waals surface area contributed by atoms with E-state index in [9.17, 15) is 26.0 Å². The van der Waals surface area contributed by atoms with Crippen molar-refractivity contribution in [3.05, 3.63) is 0 Å². The molecule has 0 rings (SSSR count). The summed E-state index contributed by atoms with van der Waals surface area (Å²) in [5.74, 6) is 0. The van der Waals surface area contributed by atoms with E-state index in [0.29, 0.717) is 0 Å². The maximum absolute atomic E-state index is 12.0. The quantitative estimate of drug-likeness (QED) is 0.446. The van der Waals surface area contributed by atoms with Crippen molar-refractivity contribution in [1.82, 2.24) is 0 Å². The minimum Gasteiger partial charge on any atom is -0.288 e. The van der Waals surface area contributed by atoms with E-state index in [4.69, 9.17) is 4.55 Å². The summed E-state index contributed by atoms with van der Waals surface area (Å²) in [5, 5.41) is 0. The molecule has 0 aliphatic carbocycles. The van der Waals surface area contributed by atoms with Crippen molar-refractivity contribution in [2.45, 2.75) is 11.9 Å². The fourth-order valence-corrected chi connectivity index (χ4v) is 0.486. The van der Waals surface area contributed by atoms with Gasteiger partial charge in [-0.3, -0.25) is 9.29 Å². The van der Waals surface area contributed by atoms with Crippen LogP contribution in [-0.4, -0.2) is 82.8 Å². The Bertz CT molecular complexity index is 236. The van der Waals surface area contributed by atoms with Gasteiger partial charge in [-0.15, -0.1) is 13.2 Å². The van der Waals surface area contributed by atoms with Crippen molar-refractivity contribution in [1.29, 1.82) is 0 Å². The van der Waals surface area contributed by atoms with Gasteiger partial charge in [-0.2, -0.15) is 8.42 Å². The smallest absolute Gasteiger partial charge is 0.288 e. The molecular weight excluding hydrogens is 247 g/mol. The van der Waals surface area contributed by atoms with E-state index in [1.54, 1.807) is 0 Å². The average Bonchev–Trinajstić information content (AvgIpc) is 1.78. The summed E-state index contributed by atoms with van der Waals surface area (Å²) in [6.45, 7) is -1.78. The molecule has 0 aromatic carbocycles. The van der Waals surface area contributed by atoms with Crippen LogP contribution in [0.3, 0.4) is 0 Å². The molecule has 0 bridgehead atoms. The van der Waals surface area contributed by atoms with Gasteiger partial charge in [0.1, 0.15) is 6.61 Å². The van der Waals surface area contributed by atoms with Crippen molar-refractivity contribution >= 4 is 61.5 Å². The molecule has 1 N–H and O–H groups in total. The largest absolute Gasteiger partial charge is 0.522 e. The number of ether oxygens (including phenoxy) is 1. The van der Waals surface area contributed by atoms with Gasteiger partial charge in [0.05, 0.1) is 0 Å². The molecule has 0 aromatic heterocycles. The molecule has 0 saturated heterocycles. The molecule has 0 amide bonds. The molecule has 0 heterocycles. The molecular formula is C3H4F4KO4S. The zero-order valence-corrected chi connectivity index (χ0v) is 10.3. The van der Waals surface area contributed by atoms with E-state index in [1.165, 1.54) is 0 Å². The first-order chi connectivity index (χ1) is 5.13. The van der Waals surface area contributed by atoms with Crippen molar-refractivity contribution in [2.75, 3.05) is 6.61 Å². The van der Waals surface area contributed by atoms with E-state index < -0.39 is 28.6 Å². The monoisotopic (exact) mass is 251 g/mol. The molecule has 1 radical (unpaired) electrons. The van der Waals surface area contributed by atoms with E-state index in [1.807, 2.05) is 0 Å². The molecule has 10 heteroatoms. The molecule has 13 heavy (non-hydrogen) atoms. The van der Waals surface area contributed by atoms with Crippen LogP contribution in [0.15, 0.2) is 0 Å². The van der Waals surface area contributed by atoms with Gasteiger partial charge in [-0.1, -0.05) is 0 Å². The number of rotatable bonds is 3. The fourth-order valence-electron chi connectivity index (χ4n) is 0.246. The van der Waals surface area contributed by atoms with E-state index in [2.05, 4.69) is 4.74 Å². The molecule has 0 spiro atoms. The second-order valence-electron chi connectivity index (χ2n) is 1.68. The summed E-state index contributed by atoms with van der Waals surface area (Å²) < 4.78 is 75.6. The summed E-state index contributed by atoms with van der Waals surface area (Å²) in [6.07, 6.45) is -5.12. The molecule has 75 valence electrons. The van der Waals surface area contributed by atoms with Gasteiger partial charge in [0, 0.05) is 51.4 Å². The van der Waals surface area contributed by atoms with Gasteiger partial charge in [-0.25, -0.2) is 4.39 Å². The van der Waals surface area contributed by atoms with Crippen LogP contribution < -0.4 is 0 Å². The van der Waals surface area contributed by atoms with Gasteiger partial charge in [0.15, 0.2) is 0 Å². The second kappa shape index (κ2) is 5.95. The molecule has 0 aromatic rings. The second-order valence-corrected chi connectivity index (χ2v) is 3.22.